The molecule has 1 atom stereocenters. The summed E-state index contributed by atoms with van der Waals surface area (Å²) in [7, 11) is 3.36. The molecule has 1 aromatic carbocycles. The number of rotatable bonds is 5. The average molecular weight is 294 g/mol. The largest absolute Gasteiger partial charge is 0.382 e. The Morgan fingerprint density at radius 1 is 1.45 bits per heavy atom. The highest BCUT2D eigenvalue weighted by atomic mass is 35.5. The first-order valence-corrected chi connectivity index (χ1v) is 6.52. The summed E-state index contributed by atoms with van der Waals surface area (Å²) in [5, 5.41) is 7.56. The minimum absolute atomic E-state index is 0.185. The zero-order valence-corrected chi connectivity index (χ0v) is 12.1. The number of hydrogen-bond donors (Lipinski definition) is 1. The number of aryl methyl sites for hydroxylation is 1. The van der Waals surface area contributed by atoms with Crippen LogP contribution < -0.4 is 5.32 Å². The molecule has 0 saturated heterocycles. The van der Waals surface area contributed by atoms with Gasteiger partial charge in [0.05, 0.1) is 24.4 Å². The Hall–Kier alpha value is -1.85. The van der Waals surface area contributed by atoms with Crippen LogP contribution in [0.5, 0.6) is 0 Å². The fourth-order valence-corrected chi connectivity index (χ4v) is 1.99. The van der Waals surface area contributed by atoms with Crippen molar-refractivity contribution in [3.05, 3.63) is 52.8 Å². The SMILES string of the molecule is COCC(NC(=O)c1cnn(C)c1)c1ccc(Cl)cc1. The van der Waals surface area contributed by atoms with Crippen molar-refractivity contribution in [3.63, 3.8) is 0 Å². The lowest BCUT2D eigenvalue weighted by molar-refractivity contribution is 0.0896. The normalized spacial score (nSPS) is 12.2. The van der Waals surface area contributed by atoms with Gasteiger partial charge in [-0.15, -0.1) is 0 Å². The molecule has 2 rings (SSSR count). The second kappa shape index (κ2) is 6.54. The predicted molar refractivity (Wildman–Crippen MR) is 76.7 cm³/mol. The Morgan fingerprint density at radius 2 is 2.15 bits per heavy atom. The van der Waals surface area contributed by atoms with E-state index in [1.165, 1.54) is 6.20 Å². The summed E-state index contributed by atoms with van der Waals surface area (Å²) in [6.07, 6.45) is 3.20. The minimum Gasteiger partial charge on any atom is -0.382 e. The number of amides is 1. The molecule has 1 unspecified atom stereocenters. The molecule has 1 aromatic heterocycles. The molecule has 1 heterocycles. The van der Waals surface area contributed by atoms with E-state index in [1.807, 2.05) is 12.1 Å². The first kappa shape index (κ1) is 14.6. The van der Waals surface area contributed by atoms with Crippen LogP contribution in [-0.2, 0) is 11.8 Å². The van der Waals surface area contributed by atoms with Crippen molar-refractivity contribution in [2.24, 2.45) is 7.05 Å². The van der Waals surface area contributed by atoms with E-state index in [0.717, 1.165) is 5.56 Å². The maximum Gasteiger partial charge on any atom is 0.255 e. The molecule has 2 aromatic rings. The van der Waals surface area contributed by atoms with E-state index in [2.05, 4.69) is 10.4 Å². The monoisotopic (exact) mass is 293 g/mol. The highest BCUT2D eigenvalue weighted by molar-refractivity contribution is 6.30. The molecular formula is C14H16ClN3O2. The average Bonchev–Trinajstić information content (AvgIpc) is 2.86. The number of aromatic nitrogens is 2. The van der Waals surface area contributed by atoms with E-state index < -0.39 is 0 Å². The molecule has 5 nitrogen and oxygen atoms in total. The van der Waals surface area contributed by atoms with Crippen LogP contribution in [0.3, 0.4) is 0 Å². The fourth-order valence-electron chi connectivity index (χ4n) is 1.86. The number of hydrogen-bond acceptors (Lipinski definition) is 3. The zero-order valence-electron chi connectivity index (χ0n) is 11.3. The first-order valence-electron chi connectivity index (χ1n) is 6.14. The molecule has 106 valence electrons. The van der Waals surface area contributed by atoms with Crippen molar-refractivity contribution < 1.29 is 9.53 Å². The van der Waals surface area contributed by atoms with Gasteiger partial charge in [-0.3, -0.25) is 9.48 Å². The van der Waals surface area contributed by atoms with Gasteiger partial charge in [-0.05, 0) is 17.7 Å². The fraction of sp³-hybridized carbons (Fsp3) is 0.286. The van der Waals surface area contributed by atoms with Crippen LogP contribution >= 0.6 is 11.6 Å². The molecule has 0 aliphatic heterocycles. The Labute approximate surface area is 122 Å². The van der Waals surface area contributed by atoms with Crippen molar-refractivity contribution >= 4 is 17.5 Å². The molecule has 6 heteroatoms. The van der Waals surface area contributed by atoms with Crippen LogP contribution in [0.25, 0.3) is 0 Å². The van der Waals surface area contributed by atoms with Gasteiger partial charge in [0.15, 0.2) is 0 Å². The number of nitrogens with one attached hydrogen (secondary N) is 1. The van der Waals surface area contributed by atoms with Gasteiger partial charge < -0.3 is 10.1 Å². The van der Waals surface area contributed by atoms with Gasteiger partial charge in [-0.1, -0.05) is 23.7 Å². The lowest BCUT2D eigenvalue weighted by Crippen LogP contribution is -2.31. The minimum atomic E-state index is -0.232. The van der Waals surface area contributed by atoms with Gasteiger partial charge in [-0.2, -0.15) is 5.10 Å². The molecule has 0 bridgehead atoms. The van der Waals surface area contributed by atoms with Crippen LogP contribution in [0, 0.1) is 0 Å². The summed E-state index contributed by atoms with van der Waals surface area (Å²) in [6.45, 7) is 0.383. The lowest BCUT2D eigenvalue weighted by atomic mass is 10.1. The summed E-state index contributed by atoms with van der Waals surface area (Å²) in [5.74, 6) is -0.185. The third kappa shape index (κ3) is 3.59. The van der Waals surface area contributed by atoms with Crippen molar-refractivity contribution in [1.29, 1.82) is 0 Å². The van der Waals surface area contributed by atoms with Crippen molar-refractivity contribution in [2.75, 3.05) is 13.7 Å². The second-order valence-electron chi connectivity index (χ2n) is 4.44. The first-order chi connectivity index (χ1) is 9.60. The molecular weight excluding hydrogens is 278 g/mol. The molecule has 0 aliphatic rings. The molecule has 0 radical (unpaired) electrons. The van der Waals surface area contributed by atoms with Crippen molar-refractivity contribution in [3.8, 4) is 0 Å². The van der Waals surface area contributed by atoms with Crippen LogP contribution in [0.2, 0.25) is 5.02 Å². The molecule has 1 N–H and O–H groups in total. The molecule has 0 fully saturated rings. The number of methoxy groups -OCH3 is 1. The van der Waals surface area contributed by atoms with E-state index in [1.54, 1.807) is 37.2 Å². The van der Waals surface area contributed by atoms with Crippen LogP contribution in [0.4, 0.5) is 0 Å². The maximum absolute atomic E-state index is 12.1. The van der Waals surface area contributed by atoms with E-state index in [-0.39, 0.29) is 11.9 Å². The third-order valence-electron chi connectivity index (χ3n) is 2.88. The molecule has 1 amide bonds. The number of halogens is 1. The number of carbonyl (C=O) groups excluding carboxylic acids is 1. The molecule has 0 saturated carbocycles. The van der Waals surface area contributed by atoms with Gasteiger partial charge in [0.25, 0.3) is 5.91 Å². The van der Waals surface area contributed by atoms with Gasteiger partial charge >= 0.3 is 0 Å². The summed E-state index contributed by atoms with van der Waals surface area (Å²) in [4.78, 5) is 12.1. The quantitative estimate of drug-likeness (QED) is 0.919. The lowest BCUT2D eigenvalue weighted by Gasteiger charge is -2.18. The molecule has 0 spiro atoms. The van der Waals surface area contributed by atoms with Gasteiger partial charge in [0, 0.05) is 25.4 Å². The maximum atomic E-state index is 12.1. The van der Waals surface area contributed by atoms with Gasteiger partial charge in [0.2, 0.25) is 0 Å². The Morgan fingerprint density at radius 3 is 2.70 bits per heavy atom. The van der Waals surface area contributed by atoms with Gasteiger partial charge in [-0.25, -0.2) is 0 Å². The summed E-state index contributed by atoms with van der Waals surface area (Å²) < 4.78 is 6.75. The topological polar surface area (TPSA) is 56.1 Å². The highest BCUT2D eigenvalue weighted by Crippen LogP contribution is 2.17. The van der Waals surface area contributed by atoms with E-state index in [0.29, 0.717) is 17.2 Å². The third-order valence-corrected chi connectivity index (χ3v) is 3.13. The van der Waals surface area contributed by atoms with E-state index in [9.17, 15) is 4.79 Å². The molecule has 20 heavy (non-hydrogen) atoms. The number of benzene rings is 1. The predicted octanol–water partition coefficient (Wildman–Crippen LogP) is 2.19. The smallest absolute Gasteiger partial charge is 0.255 e. The Balaban J connectivity index is 2.13. The Kier molecular flexibility index (Phi) is 4.76. The second-order valence-corrected chi connectivity index (χ2v) is 4.87. The number of ether oxygens (including phenoxy) is 1. The zero-order chi connectivity index (χ0) is 14.5. The summed E-state index contributed by atoms with van der Waals surface area (Å²) >= 11 is 5.87. The van der Waals surface area contributed by atoms with Crippen molar-refractivity contribution in [2.45, 2.75) is 6.04 Å². The molecule has 0 aliphatic carbocycles. The standard InChI is InChI=1S/C14H16ClN3O2/c1-18-8-11(7-16-18)14(19)17-13(9-20-2)10-3-5-12(15)6-4-10/h3-8,13H,9H2,1-2H3,(H,17,19). The van der Waals surface area contributed by atoms with Gasteiger partial charge in [0.1, 0.15) is 0 Å². The van der Waals surface area contributed by atoms with E-state index in [4.69, 9.17) is 16.3 Å². The van der Waals surface area contributed by atoms with Crippen LogP contribution in [0.15, 0.2) is 36.7 Å². The number of carbonyl (C=O) groups is 1. The van der Waals surface area contributed by atoms with Crippen LogP contribution in [-0.4, -0.2) is 29.4 Å². The summed E-state index contributed by atoms with van der Waals surface area (Å²) in [6, 6.07) is 7.08. The summed E-state index contributed by atoms with van der Waals surface area (Å²) in [5.41, 5.74) is 1.45. The Bertz CT molecular complexity index is 580. The number of nitrogens with zero attached hydrogens (tertiary/aromatic N) is 2. The van der Waals surface area contributed by atoms with Crippen molar-refractivity contribution in [1.82, 2.24) is 15.1 Å². The highest BCUT2D eigenvalue weighted by Gasteiger charge is 2.16. The van der Waals surface area contributed by atoms with Crippen LogP contribution in [0.1, 0.15) is 22.0 Å². The van der Waals surface area contributed by atoms with E-state index >= 15 is 0 Å².